The molecular weight excluding hydrogens is 260 g/mol. The minimum Gasteiger partial charge on any atom is -0.331 e. The van der Waals surface area contributed by atoms with Gasteiger partial charge in [0.25, 0.3) is 0 Å². The van der Waals surface area contributed by atoms with Crippen LogP contribution >= 0.6 is 0 Å². The van der Waals surface area contributed by atoms with Gasteiger partial charge in [-0.05, 0) is 62.6 Å². The van der Waals surface area contributed by atoms with E-state index in [9.17, 15) is 4.79 Å². The van der Waals surface area contributed by atoms with Gasteiger partial charge in [0.15, 0.2) is 0 Å². The second-order valence-corrected chi connectivity index (χ2v) is 6.04. The minimum atomic E-state index is -0.138. The van der Waals surface area contributed by atoms with Gasteiger partial charge in [-0.3, -0.25) is 0 Å². The molecule has 0 saturated heterocycles. The first-order valence-electron chi connectivity index (χ1n) is 7.92. The van der Waals surface area contributed by atoms with Crippen molar-refractivity contribution < 1.29 is 4.79 Å². The van der Waals surface area contributed by atoms with E-state index in [-0.39, 0.29) is 12.1 Å². The number of benzene rings is 1. The zero-order valence-electron chi connectivity index (χ0n) is 13.3. The summed E-state index contributed by atoms with van der Waals surface area (Å²) in [5.41, 5.74) is 5.23. The number of urea groups is 1. The maximum Gasteiger partial charge on any atom is 0.319 e. The summed E-state index contributed by atoms with van der Waals surface area (Å²) >= 11 is 0. The highest BCUT2D eigenvalue weighted by atomic mass is 16.2. The lowest BCUT2D eigenvalue weighted by Crippen LogP contribution is -2.35. The van der Waals surface area contributed by atoms with Crippen molar-refractivity contribution in [1.82, 2.24) is 10.6 Å². The van der Waals surface area contributed by atoms with Gasteiger partial charge in [-0.25, -0.2) is 4.79 Å². The SMILES string of the molecule is CCC(NC(=O)NC=C(C)C)c1ccc2c(c1)CCCC2. The van der Waals surface area contributed by atoms with Crippen molar-refractivity contribution >= 4 is 6.03 Å². The summed E-state index contributed by atoms with van der Waals surface area (Å²) in [6.07, 6.45) is 7.56. The van der Waals surface area contributed by atoms with E-state index in [0.717, 1.165) is 12.0 Å². The monoisotopic (exact) mass is 286 g/mol. The second kappa shape index (κ2) is 7.30. The van der Waals surface area contributed by atoms with Gasteiger partial charge in [-0.15, -0.1) is 0 Å². The topological polar surface area (TPSA) is 41.1 Å². The number of hydrogen-bond acceptors (Lipinski definition) is 1. The third-order valence-corrected chi connectivity index (χ3v) is 3.98. The lowest BCUT2D eigenvalue weighted by molar-refractivity contribution is 0.240. The van der Waals surface area contributed by atoms with Crippen molar-refractivity contribution in [2.45, 2.75) is 58.9 Å². The fourth-order valence-corrected chi connectivity index (χ4v) is 2.80. The van der Waals surface area contributed by atoms with Crippen molar-refractivity contribution in [3.05, 3.63) is 46.7 Å². The van der Waals surface area contributed by atoms with Crippen molar-refractivity contribution in [3.63, 3.8) is 0 Å². The Balaban J connectivity index is 2.07. The summed E-state index contributed by atoms with van der Waals surface area (Å²) in [5.74, 6) is 0. The van der Waals surface area contributed by atoms with Crippen molar-refractivity contribution in [2.24, 2.45) is 0 Å². The number of allylic oxidation sites excluding steroid dienone is 1. The van der Waals surface area contributed by atoms with Crippen LogP contribution in [-0.4, -0.2) is 6.03 Å². The molecule has 0 bridgehead atoms. The van der Waals surface area contributed by atoms with Gasteiger partial charge in [0.1, 0.15) is 0 Å². The molecule has 3 heteroatoms. The second-order valence-electron chi connectivity index (χ2n) is 6.04. The fraction of sp³-hybridized carbons (Fsp3) is 0.500. The number of amides is 2. The Morgan fingerprint density at radius 1 is 1.24 bits per heavy atom. The van der Waals surface area contributed by atoms with Crippen LogP contribution in [0.5, 0.6) is 0 Å². The van der Waals surface area contributed by atoms with E-state index in [1.54, 1.807) is 6.20 Å². The number of nitrogens with one attached hydrogen (secondary N) is 2. The first-order valence-corrected chi connectivity index (χ1v) is 7.92. The normalized spacial score (nSPS) is 14.8. The van der Waals surface area contributed by atoms with Gasteiger partial charge in [-0.2, -0.15) is 0 Å². The molecule has 1 unspecified atom stereocenters. The molecule has 0 heterocycles. The Labute approximate surface area is 127 Å². The molecular formula is C18H26N2O. The average molecular weight is 286 g/mol. The molecule has 2 amide bonds. The van der Waals surface area contributed by atoms with E-state index >= 15 is 0 Å². The van der Waals surface area contributed by atoms with Crippen LogP contribution in [0.3, 0.4) is 0 Å². The number of fused-ring (bicyclic) bond motifs is 1. The van der Waals surface area contributed by atoms with Crippen LogP contribution in [0, 0.1) is 0 Å². The maximum absolute atomic E-state index is 11.9. The molecule has 2 rings (SSSR count). The molecule has 21 heavy (non-hydrogen) atoms. The first kappa shape index (κ1) is 15.6. The molecule has 1 aromatic rings. The standard InChI is InChI=1S/C18H26N2O/c1-4-17(20-18(21)19-12-13(2)3)16-10-9-14-7-5-6-8-15(14)11-16/h9-12,17H,4-8H2,1-3H3,(H2,19,20,21). The van der Waals surface area contributed by atoms with Crippen LogP contribution < -0.4 is 10.6 Å². The summed E-state index contributed by atoms with van der Waals surface area (Å²) in [7, 11) is 0. The Hall–Kier alpha value is -1.77. The summed E-state index contributed by atoms with van der Waals surface area (Å²) in [5, 5.41) is 5.82. The van der Waals surface area contributed by atoms with Gasteiger partial charge >= 0.3 is 6.03 Å². The molecule has 1 aromatic carbocycles. The van der Waals surface area contributed by atoms with E-state index in [0.29, 0.717) is 0 Å². The summed E-state index contributed by atoms with van der Waals surface area (Å²) in [6.45, 7) is 6.02. The number of hydrogen-bond donors (Lipinski definition) is 2. The molecule has 0 fully saturated rings. The van der Waals surface area contributed by atoms with Crippen molar-refractivity contribution in [3.8, 4) is 0 Å². The van der Waals surface area contributed by atoms with Gasteiger partial charge < -0.3 is 10.6 Å². The third kappa shape index (κ3) is 4.35. The highest BCUT2D eigenvalue weighted by Gasteiger charge is 2.15. The zero-order chi connectivity index (χ0) is 15.2. The molecule has 0 saturated carbocycles. The molecule has 0 radical (unpaired) electrons. The summed E-state index contributed by atoms with van der Waals surface area (Å²) in [6, 6.07) is 6.62. The van der Waals surface area contributed by atoms with Gasteiger partial charge in [-0.1, -0.05) is 30.7 Å². The summed E-state index contributed by atoms with van der Waals surface area (Å²) < 4.78 is 0. The molecule has 1 aliphatic carbocycles. The molecule has 3 nitrogen and oxygen atoms in total. The first-order chi connectivity index (χ1) is 10.1. The van der Waals surface area contributed by atoms with Crippen LogP contribution in [0.4, 0.5) is 4.79 Å². The van der Waals surface area contributed by atoms with Crippen LogP contribution in [0.1, 0.15) is 62.8 Å². The van der Waals surface area contributed by atoms with Crippen LogP contribution in [0.2, 0.25) is 0 Å². The minimum absolute atomic E-state index is 0.0720. The molecule has 1 atom stereocenters. The Kier molecular flexibility index (Phi) is 5.43. The Morgan fingerprint density at radius 2 is 1.95 bits per heavy atom. The predicted molar refractivity (Wildman–Crippen MR) is 87.2 cm³/mol. The molecule has 2 N–H and O–H groups in total. The molecule has 1 aliphatic rings. The van der Waals surface area contributed by atoms with E-state index in [2.05, 4.69) is 35.8 Å². The number of aryl methyl sites for hydroxylation is 2. The molecule has 0 aromatic heterocycles. The van der Waals surface area contributed by atoms with Crippen LogP contribution in [0.15, 0.2) is 30.0 Å². The Morgan fingerprint density at radius 3 is 2.62 bits per heavy atom. The quantitative estimate of drug-likeness (QED) is 0.854. The molecule has 0 aliphatic heterocycles. The third-order valence-electron chi connectivity index (χ3n) is 3.98. The zero-order valence-corrected chi connectivity index (χ0v) is 13.3. The summed E-state index contributed by atoms with van der Waals surface area (Å²) in [4.78, 5) is 11.9. The van der Waals surface area contributed by atoms with E-state index < -0.39 is 0 Å². The largest absolute Gasteiger partial charge is 0.331 e. The average Bonchev–Trinajstić information content (AvgIpc) is 2.50. The number of rotatable bonds is 4. The van der Waals surface area contributed by atoms with Crippen LogP contribution in [-0.2, 0) is 12.8 Å². The maximum atomic E-state index is 11.9. The fourth-order valence-electron chi connectivity index (χ4n) is 2.80. The van der Waals surface area contributed by atoms with E-state index in [1.165, 1.54) is 42.4 Å². The van der Waals surface area contributed by atoms with E-state index in [4.69, 9.17) is 0 Å². The highest BCUT2D eigenvalue weighted by molar-refractivity contribution is 5.75. The van der Waals surface area contributed by atoms with Crippen LogP contribution in [0.25, 0.3) is 0 Å². The predicted octanol–water partition coefficient (Wildman–Crippen LogP) is 4.24. The van der Waals surface area contributed by atoms with E-state index in [1.807, 2.05) is 13.8 Å². The smallest absolute Gasteiger partial charge is 0.319 e. The van der Waals surface area contributed by atoms with Gasteiger partial charge in [0.05, 0.1) is 6.04 Å². The molecule has 0 spiro atoms. The van der Waals surface area contributed by atoms with Gasteiger partial charge in [0, 0.05) is 6.20 Å². The number of carbonyl (C=O) groups is 1. The Bertz CT molecular complexity index is 530. The van der Waals surface area contributed by atoms with Gasteiger partial charge in [0.2, 0.25) is 0 Å². The highest BCUT2D eigenvalue weighted by Crippen LogP contribution is 2.25. The lowest BCUT2D eigenvalue weighted by Gasteiger charge is -2.21. The molecule has 114 valence electrons. The van der Waals surface area contributed by atoms with Crippen molar-refractivity contribution in [1.29, 1.82) is 0 Å². The number of carbonyl (C=O) groups excluding carboxylic acids is 1. The lowest BCUT2D eigenvalue weighted by atomic mass is 9.89. The van der Waals surface area contributed by atoms with Crippen molar-refractivity contribution in [2.75, 3.05) is 0 Å².